The number of hydrogen-bond acceptors (Lipinski definition) is 3. The van der Waals surface area contributed by atoms with Crippen LogP contribution in [0.25, 0.3) is 0 Å². The van der Waals surface area contributed by atoms with Gasteiger partial charge in [-0.05, 0) is 52.8 Å². The molecule has 19 heavy (non-hydrogen) atoms. The van der Waals surface area contributed by atoms with Crippen molar-refractivity contribution in [1.82, 2.24) is 0 Å². The van der Waals surface area contributed by atoms with Crippen LogP contribution in [0.4, 0.5) is 0 Å². The fourth-order valence-corrected chi connectivity index (χ4v) is 6.12. The molecule has 0 saturated heterocycles. The van der Waals surface area contributed by atoms with Gasteiger partial charge in [-0.25, -0.2) is 0 Å². The molecule has 0 amide bonds. The molecule has 0 fully saturated rings. The largest absolute Gasteiger partial charge is 0.412 e. The first kappa shape index (κ1) is 19.7. The van der Waals surface area contributed by atoms with Crippen LogP contribution in [-0.2, 0) is 8.61 Å². The zero-order valence-corrected chi connectivity index (χ0v) is 17.6. The normalized spacial score (nSPS) is 15.2. The van der Waals surface area contributed by atoms with Crippen molar-refractivity contribution in [3.63, 3.8) is 0 Å². The van der Waals surface area contributed by atoms with Crippen molar-refractivity contribution in [3.8, 4) is 0 Å². The number of hydrogen-bond donors (Lipinski definition) is 0. The lowest BCUT2D eigenvalue weighted by Crippen LogP contribution is -2.62. The van der Waals surface area contributed by atoms with Gasteiger partial charge in [0.2, 0.25) is 8.32 Å². The fourth-order valence-electron chi connectivity index (χ4n) is 1.23. The Morgan fingerprint density at radius 2 is 1.26 bits per heavy atom. The average Bonchev–Trinajstić information content (AvgIpc) is 2.11. The highest BCUT2D eigenvalue weighted by atomic mass is 32.2. The molecule has 0 bridgehead atoms. The van der Waals surface area contributed by atoms with Gasteiger partial charge in [-0.15, -0.1) is 0 Å². The molecule has 5 heteroatoms. The first-order valence-corrected chi connectivity index (χ1v) is 14.4. The lowest BCUT2D eigenvalue weighted by Gasteiger charge is -2.48. The Labute approximate surface area is 127 Å². The summed E-state index contributed by atoms with van der Waals surface area (Å²) in [6, 6.07) is 0. The summed E-state index contributed by atoms with van der Waals surface area (Å²) in [7, 11) is -3.32. The van der Waals surface area contributed by atoms with Gasteiger partial charge in [0.25, 0.3) is 0 Å². The molecule has 0 aliphatic heterocycles. The van der Waals surface area contributed by atoms with Crippen molar-refractivity contribution in [2.75, 3.05) is 0 Å². The van der Waals surface area contributed by atoms with Crippen molar-refractivity contribution in [2.24, 2.45) is 0 Å². The van der Waals surface area contributed by atoms with Gasteiger partial charge in [0.1, 0.15) is 0 Å². The van der Waals surface area contributed by atoms with E-state index < -0.39 is 16.4 Å². The Hall–Kier alpha value is 0.704. The molecule has 0 aromatic carbocycles. The summed E-state index contributed by atoms with van der Waals surface area (Å²) < 4.78 is 12.7. The van der Waals surface area contributed by atoms with Crippen molar-refractivity contribution in [1.29, 1.82) is 0 Å². The van der Waals surface area contributed by atoms with Crippen molar-refractivity contribution >= 4 is 28.4 Å². The summed E-state index contributed by atoms with van der Waals surface area (Å²) in [6.45, 7) is 24.8. The highest BCUT2D eigenvalue weighted by Crippen LogP contribution is 2.36. The van der Waals surface area contributed by atoms with E-state index in [1.807, 2.05) is 0 Å². The molecule has 0 radical (unpaired) electrons. The predicted octanol–water partition coefficient (Wildman–Crippen LogP) is 5.26. The monoisotopic (exact) mass is 322 g/mol. The smallest absolute Gasteiger partial charge is 0.219 e. The minimum atomic E-state index is -1.95. The maximum atomic E-state index is 6.65. The molecule has 0 aromatic rings. The van der Waals surface area contributed by atoms with Crippen LogP contribution in [0, 0.1) is 0 Å². The summed E-state index contributed by atoms with van der Waals surface area (Å²) in [5.74, 6) is 0. The standard InChI is InChI=1S/C14H34O2SSi2/c1-12(2)17-15-13(3,4)19(10,11)16-14(5,6)18(7,8)9/h12H,1-11H3. The Morgan fingerprint density at radius 1 is 0.842 bits per heavy atom. The minimum Gasteiger partial charge on any atom is -0.412 e. The molecule has 0 saturated carbocycles. The zero-order chi connectivity index (χ0) is 15.7. The predicted molar refractivity (Wildman–Crippen MR) is 93.9 cm³/mol. The number of rotatable bonds is 7. The lowest BCUT2D eigenvalue weighted by molar-refractivity contribution is 0.117. The summed E-state index contributed by atoms with van der Waals surface area (Å²) in [6.07, 6.45) is 0. The van der Waals surface area contributed by atoms with Crippen LogP contribution < -0.4 is 0 Å². The highest BCUT2D eigenvalue weighted by molar-refractivity contribution is 7.95. The van der Waals surface area contributed by atoms with E-state index in [-0.39, 0.29) is 10.4 Å². The van der Waals surface area contributed by atoms with Gasteiger partial charge in [0.05, 0.1) is 13.3 Å². The SMILES string of the molecule is CC(C)SOC(C)(C)[Si](C)(C)OC(C)(C)[Si](C)(C)C. The Kier molecular flexibility index (Phi) is 6.45. The van der Waals surface area contributed by atoms with E-state index in [9.17, 15) is 0 Å². The summed E-state index contributed by atoms with van der Waals surface area (Å²) in [4.78, 5) is 0. The Bertz CT molecular complexity index is 294. The second kappa shape index (κ2) is 6.22. The van der Waals surface area contributed by atoms with Gasteiger partial charge >= 0.3 is 0 Å². The topological polar surface area (TPSA) is 18.5 Å². The third-order valence-corrected chi connectivity index (χ3v) is 13.2. The van der Waals surface area contributed by atoms with Crippen LogP contribution in [0.5, 0.6) is 0 Å². The van der Waals surface area contributed by atoms with Crippen molar-refractivity contribution in [2.45, 2.75) is 90.0 Å². The molecule has 0 unspecified atom stereocenters. The van der Waals surface area contributed by atoms with Crippen LogP contribution >= 0.6 is 12.0 Å². The Morgan fingerprint density at radius 3 is 1.58 bits per heavy atom. The molecule has 0 heterocycles. The summed E-state index contributed by atoms with van der Waals surface area (Å²) >= 11 is 1.56. The van der Waals surface area contributed by atoms with E-state index in [0.717, 1.165) is 0 Å². The van der Waals surface area contributed by atoms with Gasteiger partial charge in [-0.2, -0.15) is 0 Å². The zero-order valence-electron chi connectivity index (χ0n) is 14.8. The quantitative estimate of drug-likeness (QED) is 0.471. The molecule has 0 aliphatic carbocycles. The second-order valence-corrected chi connectivity index (χ2v) is 19.5. The van der Waals surface area contributed by atoms with Gasteiger partial charge in [0.15, 0.2) is 0 Å². The van der Waals surface area contributed by atoms with E-state index >= 15 is 0 Å². The molecule has 0 atom stereocenters. The Balaban J connectivity index is 4.96. The van der Waals surface area contributed by atoms with Gasteiger partial charge in [-0.3, -0.25) is 0 Å². The van der Waals surface area contributed by atoms with E-state index in [0.29, 0.717) is 5.25 Å². The third-order valence-electron chi connectivity index (χ3n) is 4.22. The second-order valence-electron chi connectivity index (χ2n) is 8.11. The molecule has 0 rings (SSSR count). The molecule has 0 aliphatic rings. The first-order valence-electron chi connectivity index (χ1n) is 7.17. The van der Waals surface area contributed by atoms with Crippen molar-refractivity contribution in [3.05, 3.63) is 0 Å². The molecule has 0 aromatic heterocycles. The third kappa shape index (κ3) is 5.54. The van der Waals surface area contributed by atoms with E-state index in [2.05, 4.69) is 74.3 Å². The van der Waals surface area contributed by atoms with E-state index in [1.54, 1.807) is 12.0 Å². The van der Waals surface area contributed by atoms with Crippen LogP contribution in [0.1, 0.15) is 41.5 Å². The van der Waals surface area contributed by atoms with Crippen LogP contribution in [-0.4, -0.2) is 32.1 Å². The first-order chi connectivity index (χ1) is 8.12. The van der Waals surface area contributed by atoms with Gasteiger partial charge < -0.3 is 8.61 Å². The molecular weight excluding hydrogens is 288 g/mol. The van der Waals surface area contributed by atoms with E-state index in [1.165, 1.54) is 0 Å². The van der Waals surface area contributed by atoms with Crippen LogP contribution in [0.2, 0.25) is 32.7 Å². The fraction of sp³-hybridized carbons (Fsp3) is 1.00. The van der Waals surface area contributed by atoms with Gasteiger partial charge in [0, 0.05) is 10.5 Å². The molecule has 116 valence electrons. The minimum absolute atomic E-state index is 0.0220. The lowest BCUT2D eigenvalue weighted by atomic mass is 10.5. The molecule has 0 spiro atoms. The highest BCUT2D eigenvalue weighted by Gasteiger charge is 2.49. The van der Waals surface area contributed by atoms with Crippen molar-refractivity contribution < 1.29 is 8.61 Å². The summed E-state index contributed by atoms with van der Waals surface area (Å²) in [5, 5.41) is 0.263. The summed E-state index contributed by atoms with van der Waals surface area (Å²) in [5.41, 5.74) is 0. The maximum absolute atomic E-state index is 6.65. The maximum Gasteiger partial charge on any atom is 0.219 e. The van der Waals surface area contributed by atoms with Crippen LogP contribution in [0.3, 0.4) is 0 Å². The molecule has 2 nitrogen and oxygen atoms in total. The van der Waals surface area contributed by atoms with Crippen LogP contribution in [0.15, 0.2) is 0 Å². The van der Waals surface area contributed by atoms with E-state index in [4.69, 9.17) is 8.61 Å². The average molecular weight is 323 g/mol. The van der Waals surface area contributed by atoms with Gasteiger partial charge in [-0.1, -0.05) is 33.5 Å². The molecular formula is C14H34O2SSi2. The molecule has 0 N–H and O–H groups in total.